The lowest BCUT2D eigenvalue weighted by molar-refractivity contribution is 0.0997. The minimum Gasteiger partial charge on any atom is -0.366 e. The van der Waals surface area contributed by atoms with Crippen molar-refractivity contribution in [3.8, 4) is 0 Å². The summed E-state index contributed by atoms with van der Waals surface area (Å²) in [7, 11) is -3.94. The van der Waals surface area contributed by atoms with Crippen molar-refractivity contribution in [1.82, 2.24) is 0 Å². The summed E-state index contributed by atoms with van der Waals surface area (Å²) in [4.78, 5) is 11.3. The van der Waals surface area contributed by atoms with Crippen LogP contribution in [0.1, 0.15) is 21.5 Å². The SMILES string of the molecule is NC(=O)c1ccccc1S(=O)(=O)c1ccc(C=Cc2ccc(F)cc2F)cc1. The Labute approximate surface area is 160 Å². The molecule has 0 aliphatic carbocycles. The van der Waals surface area contributed by atoms with Crippen LogP contribution in [-0.4, -0.2) is 14.3 Å². The summed E-state index contributed by atoms with van der Waals surface area (Å²) >= 11 is 0. The van der Waals surface area contributed by atoms with E-state index in [2.05, 4.69) is 0 Å². The third kappa shape index (κ3) is 3.99. The van der Waals surface area contributed by atoms with Crippen LogP contribution in [0.2, 0.25) is 0 Å². The zero-order chi connectivity index (χ0) is 20.3. The number of benzene rings is 3. The van der Waals surface area contributed by atoms with Crippen LogP contribution in [0.5, 0.6) is 0 Å². The lowest BCUT2D eigenvalue weighted by atomic mass is 10.1. The van der Waals surface area contributed by atoms with Gasteiger partial charge in [0.15, 0.2) is 0 Å². The maximum absolute atomic E-state index is 13.7. The number of halogens is 2. The standard InChI is InChI=1S/C21H15F2NO3S/c22-16-10-9-15(19(23)13-16)8-5-14-6-11-17(12-7-14)28(26,27)20-4-2-1-3-18(20)21(24)25/h1-13H,(H2,24,25). The molecule has 28 heavy (non-hydrogen) atoms. The summed E-state index contributed by atoms with van der Waals surface area (Å²) in [5.41, 5.74) is 6.00. The Morgan fingerprint density at radius 1 is 0.893 bits per heavy atom. The highest BCUT2D eigenvalue weighted by molar-refractivity contribution is 7.91. The second-order valence-corrected chi connectivity index (χ2v) is 7.85. The Morgan fingerprint density at radius 3 is 2.21 bits per heavy atom. The van der Waals surface area contributed by atoms with Crippen LogP contribution >= 0.6 is 0 Å². The normalized spacial score (nSPS) is 11.6. The van der Waals surface area contributed by atoms with Crippen LogP contribution < -0.4 is 5.73 Å². The second kappa shape index (κ2) is 7.74. The van der Waals surface area contributed by atoms with Gasteiger partial charge in [-0.15, -0.1) is 0 Å². The monoisotopic (exact) mass is 399 g/mol. The molecule has 2 N–H and O–H groups in total. The van der Waals surface area contributed by atoms with E-state index in [1.54, 1.807) is 6.08 Å². The zero-order valence-electron chi connectivity index (χ0n) is 14.5. The molecule has 1 amide bonds. The fourth-order valence-electron chi connectivity index (χ4n) is 2.61. The summed E-state index contributed by atoms with van der Waals surface area (Å²) in [6, 6.07) is 14.8. The summed E-state index contributed by atoms with van der Waals surface area (Å²) < 4.78 is 52.2. The first kappa shape index (κ1) is 19.4. The fraction of sp³-hybridized carbons (Fsp3) is 0. The summed E-state index contributed by atoms with van der Waals surface area (Å²) in [6.07, 6.45) is 3.03. The number of carbonyl (C=O) groups is 1. The molecule has 0 saturated heterocycles. The van der Waals surface area contributed by atoms with Crippen molar-refractivity contribution in [1.29, 1.82) is 0 Å². The van der Waals surface area contributed by atoms with Gasteiger partial charge >= 0.3 is 0 Å². The van der Waals surface area contributed by atoms with Gasteiger partial charge in [0.25, 0.3) is 0 Å². The maximum Gasteiger partial charge on any atom is 0.250 e. The number of rotatable bonds is 5. The quantitative estimate of drug-likeness (QED) is 0.657. The summed E-state index contributed by atoms with van der Waals surface area (Å²) in [6.45, 7) is 0. The Bertz CT molecular complexity index is 1170. The molecule has 3 aromatic carbocycles. The Balaban J connectivity index is 1.90. The predicted molar refractivity (Wildman–Crippen MR) is 102 cm³/mol. The van der Waals surface area contributed by atoms with E-state index >= 15 is 0 Å². The molecule has 0 aliphatic rings. The molecule has 0 atom stereocenters. The number of nitrogens with two attached hydrogens (primary N) is 1. The molecule has 0 radical (unpaired) electrons. The number of hydrogen-bond donors (Lipinski definition) is 1. The van der Waals surface area contributed by atoms with Gasteiger partial charge in [-0.25, -0.2) is 17.2 Å². The second-order valence-electron chi connectivity index (χ2n) is 5.93. The van der Waals surface area contributed by atoms with Crippen LogP contribution in [0.15, 0.2) is 76.5 Å². The molecule has 142 valence electrons. The third-order valence-corrected chi connectivity index (χ3v) is 5.88. The van der Waals surface area contributed by atoms with Crippen LogP contribution in [0.3, 0.4) is 0 Å². The number of hydrogen-bond acceptors (Lipinski definition) is 3. The highest BCUT2D eigenvalue weighted by Crippen LogP contribution is 2.24. The molecular weight excluding hydrogens is 384 g/mol. The van der Waals surface area contributed by atoms with E-state index in [4.69, 9.17) is 5.73 Å². The molecule has 0 saturated carbocycles. The van der Waals surface area contributed by atoms with Crippen molar-refractivity contribution in [3.05, 3.63) is 95.1 Å². The van der Waals surface area contributed by atoms with Crippen molar-refractivity contribution in [2.45, 2.75) is 9.79 Å². The van der Waals surface area contributed by atoms with Crippen LogP contribution in [0.4, 0.5) is 8.78 Å². The largest absolute Gasteiger partial charge is 0.366 e. The van der Waals surface area contributed by atoms with Gasteiger partial charge in [0.05, 0.1) is 15.4 Å². The molecule has 0 bridgehead atoms. The predicted octanol–water partition coefficient (Wildman–Crippen LogP) is 4.07. The van der Waals surface area contributed by atoms with Gasteiger partial charge in [-0.1, -0.05) is 36.4 Å². The molecule has 3 aromatic rings. The van der Waals surface area contributed by atoms with Crippen molar-refractivity contribution in [2.75, 3.05) is 0 Å². The molecule has 0 heterocycles. The van der Waals surface area contributed by atoms with Crippen molar-refractivity contribution >= 4 is 27.9 Å². The van der Waals surface area contributed by atoms with E-state index < -0.39 is 27.4 Å². The van der Waals surface area contributed by atoms with Gasteiger partial charge in [-0.2, -0.15) is 0 Å². The Morgan fingerprint density at radius 2 is 1.57 bits per heavy atom. The van der Waals surface area contributed by atoms with Gasteiger partial charge in [0, 0.05) is 11.6 Å². The lowest BCUT2D eigenvalue weighted by Gasteiger charge is -2.08. The fourth-order valence-corrected chi connectivity index (χ4v) is 4.08. The zero-order valence-corrected chi connectivity index (χ0v) is 15.3. The van der Waals surface area contributed by atoms with E-state index in [1.165, 1.54) is 60.7 Å². The van der Waals surface area contributed by atoms with Gasteiger partial charge in [0.2, 0.25) is 15.7 Å². The molecule has 0 unspecified atom stereocenters. The lowest BCUT2D eigenvalue weighted by Crippen LogP contribution is -2.16. The molecule has 3 rings (SSSR count). The van der Waals surface area contributed by atoms with Crippen LogP contribution in [-0.2, 0) is 9.84 Å². The van der Waals surface area contributed by atoms with Crippen LogP contribution in [0.25, 0.3) is 12.2 Å². The molecule has 0 aliphatic heterocycles. The van der Waals surface area contributed by atoms with E-state index in [-0.39, 0.29) is 20.9 Å². The van der Waals surface area contributed by atoms with E-state index in [1.807, 2.05) is 0 Å². The number of amides is 1. The number of primary amides is 1. The Kier molecular flexibility index (Phi) is 5.37. The first-order valence-corrected chi connectivity index (χ1v) is 9.64. The van der Waals surface area contributed by atoms with Gasteiger partial charge in [-0.05, 0) is 42.0 Å². The average Bonchev–Trinajstić information content (AvgIpc) is 2.67. The minimum atomic E-state index is -3.94. The van der Waals surface area contributed by atoms with E-state index in [0.717, 1.165) is 12.1 Å². The van der Waals surface area contributed by atoms with Gasteiger partial charge in [0.1, 0.15) is 11.6 Å². The molecular formula is C21H15F2NO3S. The number of carbonyl (C=O) groups excluding carboxylic acids is 1. The minimum absolute atomic E-state index is 0.00804. The highest BCUT2D eigenvalue weighted by Gasteiger charge is 2.22. The van der Waals surface area contributed by atoms with Gasteiger partial charge in [-0.3, -0.25) is 4.79 Å². The van der Waals surface area contributed by atoms with Crippen molar-refractivity contribution in [2.24, 2.45) is 5.73 Å². The number of sulfone groups is 1. The molecule has 7 heteroatoms. The maximum atomic E-state index is 13.7. The van der Waals surface area contributed by atoms with Gasteiger partial charge < -0.3 is 5.73 Å². The molecule has 0 fully saturated rings. The topological polar surface area (TPSA) is 77.2 Å². The highest BCUT2D eigenvalue weighted by atomic mass is 32.2. The first-order chi connectivity index (χ1) is 13.3. The summed E-state index contributed by atoms with van der Waals surface area (Å²) in [5.74, 6) is -2.20. The third-order valence-electron chi connectivity index (χ3n) is 4.05. The summed E-state index contributed by atoms with van der Waals surface area (Å²) in [5, 5.41) is 0. The Hall–Kier alpha value is -3.32. The average molecular weight is 399 g/mol. The molecule has 0 spiro atoms. The van der Waals surface area contributed by atoms with Crippen molar-refractivity contribution in [3.63, 3.8) is 0 Å². The first-order valence-electron chi connectivity index (χ1n) is 8.16. The van der Waals surface area contributed by atoms with E-state index in [0.29, 0.717) is 5.56 Å². The van der Waals surface area contributed by atoms with Crippen molar-refractivity contribution < 1.29 is 22.0 Å². The molecule has 4 nitrogen and oxygen atoms in total. The van der Waals surface area contributed by atoms with E-state index in [9.17, 15) is 22.0 Å². The molecule has 0 aromatic heterocycles. The smallest absolute Gasteiger partial charge is 0.250 e. The van der Waals surface area contributed by atoms with Crippen LogP contribution in [0, 0.1) is 11.6 Å².